The molecule has 6 nitrogen and oxygen atoms in total. The van der Waals surface area contributed by atoms with Gasteiger partial charge in [0.25, 0.3) is 0 Å². The molecule has 0 bridgehead atoms. The van der Waals surface area contributed by atoms with Crippen LogP contribution in [0.15, 0.2) is 48.5 Å². The molecule has 0 atom stereocenters. The fraction of sp³-hybridized carbons (Fsp3) is 0.333. The molecule has 144 valence electrons. The molecule has 0 unspecified atom stereocenters. The Balaban J connectivity index is 1.67. The van der Waals surface area contributed by atoms with E-state index in [1.165, 1.54) is 5.56 Å². The Hall–Kier alpha value is -3.02. The van der Waals surface area contributed by atoms with Crippen LogP contribution in [0.25, 0.3) is 0 Å². The Morgan fingerprint density at radius 1 is 0.963 bits per heavy atom. The van der Waals surface area contributed by atoms with Crippen LogP contribution in [-0.4, -0.2) is 36.7 Å². The first-order valence-corrected chi connectivity index (χ1v) is 8.92. The number of amides is 1. The van der Waals surface area contributed by atoms with Gasteiger partial charge in [0.05, 0.1) is 6.42 Å². The van der Waals surface area contributed by atoms with Crippen molar-refractivity contribution in [3.8, 4) is 11.5 Å². The minimum Gasteiger partial charge on any atom is -0.490 e. The van der Waals surface area contributed by atoms with Gasteiger partial charge in [0.1, 0.15) is 24.7 Å². The van der Waals surface area contributed by atoms with E-state index < -0.39 is 5.97 Å². The molecule has 0 aliphatic rings. The first-order chi connectivity index (χ1) is 13.0. The number of carbonyl (C=O) groups excluding carboxylic acids is 1. The topological polar surface area (TPSA) is 84.9 Å². The molecular weight excluding hydrogens is 346 g/mol. The average Bonchev–Trinajstić information content (AvgIpc) is 2.65. The SMILES string of the molecule is Cc1ccc(OCCOc2cccc(CCNC(=O)CCC(=O)O)c2)cc1. The summed E-state index contributed by atoms with van der Waals surface area (Å²) in [5, 5.41) is 11.3. The van der Waals surface area contributed by atoms with Crippen LogP contribution < -0.4 is 14.8 Å². The van der Waals surface area contributed by atoms with Crippen LogP contribution in [-0.2, 0) is 16.0 Å². The van der Waals surface area contributed by atoms with Gasteiger partial charge in [0.2, 0.25) is 5.91 Å². The van der Waals surface area contributed by atoms with E-state index in [-0.39, 0.29) is 18.7 Å². The lowest BCUT2D eigenvalue weighted by Crippen LogP contribution is -2.26. The maximum absolute atomic E-state index is 11.5. The lowest BCUT2D eigenvalue weighted by molar-refractivity contribution is -0.138. The number of aliphatic carboxylic acids is 1. The lowest BCUT2D eigenvalue weighted by Gasteiger charge is -2.10. The van der Waals surface area contributed by atoms with Gasteiger partial charge in [0.15, 0.2) is 0 Å². The zero-order chi connectivity index (χ0) is 19.5. The summed E-state index contributed by atoms with van der Waals surface area (Å²) in [6.45, 7) is 3.37. The van der Waals surface area contributed by atoms with Gasteiger partial charge in [-0.25, -0.2) is 0 Å². The van der Waals surface area contributed by atoms with Crippen LogP contribution in [0, 0.1) is 6.92 Å². The summed E-state index contributed by atoms with van der Waals surface area (Å²) in [4.78, 5) is 21.9. The van der Waals surface area contributed by atoms with Crippen LogP contribution in [0.2, 0.25) is 0 Å². The molecule has 0 heterocycles. The van der Waals surface area contributed by atoms with Crippen LogP contribution >= 0.6 is 0 Å². The molecule has 1 amide bonds. The molecular formula is C21H25NO5. The largest absolute Gasteiger partial charge is 0.490 e. The number of carboxylic acids is 1. The van der Waals surface area contributed by atoms with Crippen molar-refractivity contribution >= 4 is 11.9 Å². The van der Waals surface area contributed by atoms with E-state index >= 15 is 0 Å². The van der Waals surface area contributed by atoms with Gasteiger partial charge in [-0.15, -0.1) is 0 Å². The van der Waals surface area contributed by atoms with Gasteiger partial charge in [-0.1, -0.05) is 29.8 Å². The van der Waals surface area contributed by atoms with Crippen molar-refractivity contribution < 1.29 is 24.2 Å². The third-order valence-electron chi connectivity index (χ3n) is 3.84. The molecule has 2 aromatic carbocycles. The highest BCUT2D eigenvalue weighted by molar-refractivity contribution is 5.80. The second-order valence-electron chi connectivity index (χ2n) is 6.15. The van der Waals surface area contributed by atoms with Gasteiger partial charge in [0, 0.05) is 13.0 Å². The molecule has 6 heteroatoms. The summed E-state index contributed by atoms with van der Waals surface area (Å²) in [6, 6.07) is 15.5. The molecule has 0 saturated carbocycles. The predicted molar refractivity (Wildman–Crippen MR) is 102 cm³/mol. The van der Waals surface area contributed by atoms with Gasteiger partial charge in [-0.3, -0.25) is 9.59 Å². The van der Waals surface area contributed by atoms with Crippen molar-refractivity contribution in [3.63, 3.8) is 0 Å². The first kappa shape index (κ1) is 20.3. The maximum Gasteiger partial charge on any atom is 0.303 e. The number of carboxylic acid groups (broad SMARTS) is 1. The van der Waals surface area contributed by atoms with Crippen molar-refractivity contribution in [3.05, 3.63) is 59.7 Å². The van der Waals surface area contributed by atoms with Crippen molar-refractivity contribution in [2.45, 2.75) is 26.2 Å². The smallest absolute Gasteiger partial charge is 0.303 e. The summed E-state index contributed by atoms with van der Waals surface area (Å²) < 4.78 is 11.3. The number of benzene rings is 2. The molecule has 2 rings (SSSR count). The van der Waals surface area contributed by atoms with Crippen LogP contribution in [0.1, 0.15) is 24.0 Å². The second-order valence-corrected chi connectivity index (χ2v) is 6.15. The molecule has 0 aliphatic heterocycles. The Labute approximate surface area is 159 Å². The molecule has 0 fully saturated rings. The number of carbonyl (C=O) groups is 2. The monoisotopic (exact) mass is 371 g/mol. The zero-order valence-electron chi connectivity index (χ0n) is 15.4. The molecule has 2 aromatic rings. The van der Waals surface area contributed by atoms with Crippen molar-refractivity contribution in [1.29, 1.82) is 0 Å². The van der Waals surface area contributed by atoms with Gasteiger partial charge in [-0.05, 0) is 43.2 Å². The highest BCUT2D eigenvalue weighted by Crippen LogP contribution is 2.14. The van der Waals surface area contributed by atoms with Crippen molar-refractivity contribution in [1.82, 2.24) is 5.32 Å². The van der Waals surface area contributed by atoms with Gasteiger partial charge in [-0.2, -0.15) is 0 Å². The second kappa shape index (κ2) is 10.9. The third kappa shape index (κ3) is 8.27. The van der Waals surface area contributed by atoms with E-state index in [1.54, 1.807) is 0 Å². The number of ether oxygens (including phenoxy) is 2. The highest BCUT2D eigenvalue weighted by Gasteiger charge is 2.05. The normalized spacial score (nSPS) is 10.3. The average molecular weight is 371 g/mol. The Kier molecular flexibility index (Phi) is 8.16. The minimum absolute atomic E-state index is 0.000529. The van der Waals surface area contributed by atoms with E-state index in [1.807, 2.05) is 55.5 Å². The van der Waals surface area contributed by atoms with Crippen LogP contribution in [0.5, 0.6) is 11.5 Å². The van der Waals surface area contributed by atoms with Crippen molar-refractivity contribution in [2.24, 2.45) is 0 Å². The molecule has 0 aromatic heterocycles. The number of hydrogen-bond acceptors (Lipinski definition) is 4. The van der Waals surface area contributed by atoms with E-state index in [0.29, 0.717) is 26.2 Å². The lowest BCUT2D eigenvalue weighted by atomic mass is 10.1. The number of nitrogens with one attached hydrogen (secondary N) is 1. The zero-order valence-corrected chi connectivity index (χ0v) is 15.4. The first-order valence-electron chi connectivity index (χ1n) is 8.92. The fourth-order valence-electron chi connectivity index (χ4n) is 2.40. The molecule has 0 spiro atoms. The van der Waals surface area contributed by atoms with Crippen LogP contribution in [0.4, 0.5) is 0 Å². The van der Waals surface area contributed by atoms with Gasteiger partial charge >= 0.3 is 5.97 Å². The molecule has 0 saturated heterocycles. The summed E-state index contributed by atoms with van der Waals surface area (Å²) in [6.07, 6.45) is 0.495. The fourth-order valence-corrected chi connectivity index (χ4v) is 2.40. The maximum atomic E-state index is 11.5. The molecule has 0 radical (unpaired) electrons. The quantitative estimate of drug-likeness (QED) is 0.593. The third-order valence-corrected chi connectivity index (χ3v) is 3.84. The number of hydrogen-bond donors (Lipinski definition) is 2. The Morgan fingerprint density at radius 2 is 1.67 bits per heavy atom. The summed E-state index contributed by atoms with van der Waals surface area (Å²) in [5.74, 6) is 0.341. The van der Waals surface area contributed by atoms with E-state index in [9.17, 15) is 9.59 Å². The summed E-state index contributed by atoms with van der Waals surface area (Å²) in [5.41, 5.74) is 2.22. The number of rotatable bonds is 11. The van der Waals surface area contributed by atoms with Gasteiger partial charge < -0.3 is 19.9 Å². The van der Waals surface area contributed by atoms with E-state index in [0.717, 1.165) is 17.1 Å². The standard InChI is InChI=1S/C21H25NO5/c1-16-5-7-18(8-6-16)26-13-14-27-19-4-2-3-17(15-19)11-12-22-20(23)9-10-21(24)25/h2-8,15H,9-14H2,1H3,(H,22,23)(H,24,25). The summed E-state index contributed by atoms with van der Waals surface area (Å²) >= 11 is 0. The predicted octanol–water partition coefficient (Wildman–Crippen LogP) is 2.98. The Bertz CT molecular complexity index is 742. The molecule has 2 N–H and O–H groups in total. The van der Waals surface area contributed by atoms with Crippen LogP contribution in [0.3, 0.4) is 0 Å². The summed E-state index contributed by atoms with van der Waals surface area (Å²) in [7, 11) is 0. The minimum atomic E-state index is -0.971. The van der Waals surface area contributed by atoms with E-state index in [2.05, 4.69) is 5.32 Å². The van der Waals surface area contributed by atoms with E-state index in [4.69, 9.17) is 14.6 Å². The van der Waals surface area contributed by atoms with Crippen molar-refractivity contribution in [2.75, 3.05) is 19.8 Å². The Morgan fingerprint density at radius 3 is 2.37 bits per heavy atom. The molecule has 27 heavy (non-hydrogen) atoms. The number of aryl methyl sites for hydroxylation is 1. The highest BCUT2D eigenvalue weighted by atomic mass is 16.5. The molecule has 0 aliphatic carbocycles.